The van der Waals surface area contributed by atoms with Crippen molar-refractivity contribution in [1.82, 2.24) is 9.88 Å². The number of carbonyl (C=O) groups is 1. The number of rotatable bonds is 3. The van der Waals surface area contributed by atoms with Gasteiger partial charge in [-0.3, -0.25) is 4.79 Å². The van der Waals surface area contributed by atoms with Gasteiger partial charge in [-0.1, -0.05) is 30.3 Å². The lowest BCUT2D eigenvalue weighted by atomic mass is 10.2. The van der Waals surface area contributed by atoms with Crippen LogP contribution in [0.3, 0.4) is 0 Å². The van der Waals surface area contributed by atoms with Crippen molar-refractivity contribution >= 4 is 17.2 Å². The first-order valence-electron chi connectivity index (χ1n) is 7.61. The first kappa shape index (κ1) is 15.2. The van der Waals surface area contributed by atoms with E-state index in [0.717, 1.165) is 47.8 Å². The second-order valence-electron chi connectivity index (χ2n) is 5.48. The van der Waals surface area contributed by atoms with Gasteiger partial charge in [-0.2, -0.15) is 0 Å². The van der Waals surface area contributed by atoms with Crippen molar-refractivity contribution < 1.29 is 9.53 Å². The number of methoxy groups -OCH3 is 1. The summed E-state index contributed by atoms with van der Waals surface area (Å²) in [7, 11) is 1.75. The van der Waals surface area contributed by atoms with Crippen LogP contribution in [0, 0.1) is 0 Å². The van der Waals surface area contributed by atoms with Gasteiger partial charge in [0.25, 0.3) is 5.91 Å². The van der Waals surface area contributed by atoms with Crippen LogP contribution in [0.25, 0.3) is 10.6 Å². The van der Waals surface area contributed by atoms with E-state index in [9.17, 15) is 4.79 Å². The minimum Gasteiger partial charge on any atom is -0.381 e. The number of nitrogens with zero attached hydrogens (tertiary/aromatic N) is 2. The van der Waals surface area contributed by atoms with Gasteiger partial charge in [-0.15, -0.1) is 11.3 Å². The maximum absolute atomic E-state index is 12.6. The van der Waals surface area contributed by atoms with Gasteiger partial charge in [-0.05, 0) is 19.3 Å². The van der Waals surface area contributed by atoms with E-state index in [2.05, 4.69) is 4.98 Å². The molecule has 4 nitrogen and oxygen atoms in total. The number of amides is 1. The third-order valence-corrected chi connectivity index (χ3v) is 5.07. The van der Waals surface area contributed by atoms with E-state index in [4.69, 9.17) is 4.74 Å². The number of carbonyl (C=O) groups excluding carboxylic acids is 1. The predicted octanol–water partition coefficient (Wildman–Crippen LogP) is 3.45. The smallest absolute Gasteiger partial charge is 0.265 e. The van der Waals surface area contributed by atoms with Crippen LogP contribution < -0.4 is 0 Å². The largest absolute Gasteiger partial charge is 0.381 e. The minimum absolute atomic E-state index is 0.0939. The van der Waals surface area contributed by atoms with Crippen molar-refractivity contribution in [1.29, 1.82) is 0 Å². The molecule has 22 heavy (non-hydrogen) atoms. The number of benzene rings is 1. The van der Waals surface area contributed by atoms with Crippen LogP contribution in [0.5, 0.6) is 0 Å². The maximum Gasteiger partial charge on any atom is 0.265 e. The van der Waals surface area contributed by atoms with Crippen molar-refractivity contribution in [3.63, 3.8) is 0 Å². The Morgan fingerprint density at radius 2 is 2.09 bits per heavy atom. The Hall–Kier alpha value is -1.72. The van der Waals surface area contributed by atoms with E-state index in [1.54, 1.807) is 13.3 Å². The maximum atomic E-state index is 12.6. The molecule has 3 rings (SSSR count). The summed E-state index contributed by atoms with van der Waals surface area (Å²) in [6, 6.07) is 9.98. The summed E-state index contributed by atoms with van der Waals surface area (Å²) in [5.74, 6) is 0.0939. The topological polar surface area (TPSA) is 42.4 Å². The lowest BCUT2D eigenvalue weighted by Gasteiger charge is -2.19. The van der Waals surface area contributed by atoms with Crippen molar-refractivity contribution in [2.45, 2.75) is 25.4 Å². The Bertz CT molecular complexity index is 627. The average Bonchev–Trinajstić information content (AvgIpc) is 2.94. The minimum atomic E-state index is 0.0939. The molecule has 0 bridgehead atoms. The number of thiazole rings is 1. The van der Waals surface area contributed by atoms with Crippen molar-refractivity contribution in [3.05, 3.63) is 41.4 Å². The standard InChI is InChI=1S/C17H20N2O2S/c1-21-14-8-5-10-19(11-9-14)17(20)15-12-18-16(22-15)13-6-3-2-4-7-13/h2-4,6-7,12,14H,5,8-11H2,1H3. The van der Waals surface area contributed by atoms with Crippen LogP contribution in [0.2, 0.25) is 0 Å². The normalized spacial score (nSPS) is 19.0. The Morgan fingerprint density at radius 3 is 2.86 bits per heavy atom. The monoisotopic (exact) mass is 316 g/mol. The fraction of sp³-hybridized carbons (Fsp3) is 0.412. The van der Waals surface area contributed by atoms with E-state index in [-0.39, 0.29) is 12.0 Å². The molecule has 2 aromatic rings. The Kier molecular flexibility index (Phi) is 4.85. The van der Waals surface area contributed by atoms with Gasteiger partial charge < -0.3 is 9.64 Å². The van der Waals surface area contributed by atoms with Gasteiger partial charge in [0.15, 0.2) is 0 Å². The van der Waals surface area contributed by atoms with Gasteiger partial charge in [0.05, 0.1) is 12.3 Å². The molecule has 0 spiro atoms. The molecule has 2 heterocycles. The zero-order valence-corrected chi connectivity index (χ0v) is 13.5. The van der Waals surface area contributed by atoms with E-state index in [1.165, 1.54) is 11.3 Å². The zero-order valence-electron chi connectivity index (χ0n) is 12.7. The molecule has 0 N–H and O–H groups in total. The molecule has 1 saturated heterocycles. The number of aromatic nitrogens is 1. The van der Waals surface area contributed by atoms with Crippen LogP contribution >= 0.6 is 11.3 Å². The molecule has 0 aliphatic carbocycles. The third-order valence-electron chi connectivity index (χ3n) is 4.03. The fourth-order valence-corrected chi connectivity index (χ4v) is 3.64. The zero-order chi connectivity index (χ0) is 15.4. The van der Waals surface area contributed by atoms with Crippen LogP contribution in [0.15, 0.2) is 36.5 Å². The van der Waals surface area contributed by atoms with Gasteiger partial charge >= 0.3 is 0 Å². The molecule has 1 aliphatic heterocycles. The fourth-order valence-electron chi connectivity index (χ4n) is 2.75. The molecular weight excluding hydrogens is 296 g/mol. The Labute approximate surface area is 134 Å². The molecule has 1 unspecified atom stereocenters. The highest BCUT2D eigenvalue weighted by molar-refractivity contribution is 7.16. The first-order chi connectivity index (χ1) is 10.8. The summed E-state index contributed by atoms with van der Waals surface area (Å²) in [5, 5.41) is 0.897. The molecule has 1 aromatic heterocycles. The predicted molar refractivity (Wildman–Crippen MR) is 88.1 cm³/mol. The molecule has 1 fully saturated rings. The Morgan fingerprint density at radius 1 is 1.27 bits per heavy atom. The summed E-state index contributed by atoms with van der Waals surface area (Å²) in [6.45, 7) is 1.56. The van der Waals surface area contributed by atoms with E-state index in [1.807, 2.05) is 35.2 Å². The molecule has 116 valence electrons. The molecule has 1 aliphatic rings. The lowest BCUT2D eigenvalue weighted by Crippen LogP contribution is -2.31. The Balaban J connectivity index is 1.72. The first-order valence-corrected chi connectivity index (χ1v) is 8.43. The molecule has 5 heteroatoms. The van der Waals surface area contributed by atoms with Crippen molar-refractivity contribution in [2.75, 3.05) is 20.2 Å². The summed E-state index contributed by atoms with van der Waals surface area (Å²) in [5.41, 5.74) is 1.06. The number of ether oxygens (including phenoxy) is 1. The lowest BCUT2D eigenvalue weighted by molar-refractivity contribution is 0.0727. The highest BCUT2D eigenvalue weighted by Gasteiger charge is 2.23. The highest BCUT2D eigenvalue weighted by atomic mass is 32.1. The highest BCUT2D eigenvalue weighted by Crippen LogP contribution is 2.26. The third kappa shape index (κ3) is 3.36. The quantitative estimate of drug-likeness (QED) is 0.871. The number of hydrogen-bond acceptors (Lipinski definition) is 4. The van der Waals surface area contributed by atoms with Gasteiger partial charge in [0.1, 0.15) is 9.88 Å². The van der Waals surface area contributed by atoms with Crippen LogP contribution in [-0.2, 0) is 4.74 Å². The van der Waals surface area contributed by atoms with Crippen molar-refractivity contribution in [3.8, 4) is 10.6 Å². The second kappa shape index (κ2) is 7.03. The summed E-state index contributed by atoms with van der Waals surface area (Å²) >= 11 is 1.47. The van der Waals surface area contributed by atoms with Gasteiger partial charge in [0.2, 0.25) is 0 Å². The molecular formula is C17H20N2O2S. The molecule has 1 atom stereocenters. The van der Waals surface area contributed by atoms with Gasteiger partial charge in [0, 0.05) is 25.8 Å². The molecule has 0 radical (unpaired) electrons. The van der Waals surface area contributed by atoms with Crippen LogP contribution in [0.4, 0.5) is 0 Å². The second-order valence-corrected chi connectivity index (χ2v) is 6.51. The number of hydrogen-bond donors (Lipinski definition) is 0. The van der Waals surface area contributed by atoms with Crippen LogP contribution in [0.1, 0.15) is 28.9 Å². The summed E-state index contributed by atoms with van der Waals surface area (Å²) in [6.07, 6.45) is 4.91. The van der Waals surface area contributed by atoms with Crippen LogP contribution in [-0.4, -0.2) is 42.1 Å². The molecule has 1 amide bonds. The SMILES string of the molecule is COC1CCCN(C(=O)c2cnc(-c3ccccc3)s2)CC1. The van der Waals surface area contributed by atoms with Gasteiger partial charge in [-0.25, -0.2) is 4.98 Å². The number of likely N-dealkylation sites (tertiary alicyclic amines) is 1. The summed E-state index contributed by atoms with van der Waals surface area (Å²) in [4.78, 5) is 19.7. The van der Waals surface area contributed by atoms with E-state index >= 15 is 0 Å². The van der Waals surface area contributed by atoms with Crippen molar-refractivity contribution in [2.24, 2.45) is 0 Å². The molecule has 0 saturated carbocycles. The average molecular weight is 316 g/mol. The molecule has 1 aromatic carbocycles. The van der Waals surface area contributed by atoms with E-state index in [0.29, 0.717) is 0 Å². The summed E-state index contributed by atoms with van der Waals surface area (Å²) < 4.78 is 5.42. The van der Waals surface area contributed by atoms with E-state index < -0.39 is 0 Å².